The number of aliphatic hydroxyl groups excluding tert-OH is 10. The van der Waals surface area contributed by atoms with E-state index in [4.69, 9.17) is 47.4 Å². The molecule has 4 aromatic rings. The van der Waals surface area contributed by atoms with E-state index in [0.29, 0.717) is 71.1 Å². The minimum atomic E-state index is -1.54. The summed E-state index contributed by atoms with van der Waals surface area (Å²) in [5.74, 6) is -0.197. The van der Waals surface area contributed by atoms with Gasteiger partial charge in [0.1, 0.15) is 97.7 Å². The van der Waals surface area contributed by atoms with E-state index in [1.807, 2.05) is 56.4 Å². The van der Waals surface area contributed by atoms with Crippen LogP contribution in [0.2, 0.25) is 0 Å². The highest BCUT2D eigenvalue weighted by molar-refractivity contribution is 6.07. The van der Waals surface area contributed by atoms with E-state index < -0.39 is 149 Å². The van der Waals surface area contributed by atoms with Gasteiger partial charge in [-0.1, -0.05) is 98.8 Å². The number of anilines is 1. The van der Waals surface area contributed by atoms with Crippen LogP contribution in [-0.4, -0.2) is 275 Å². The van der Waals surface area contributed by atoms with Crippen LogP contribution in [0, 0.1) is 0 Å². The van der Waals surface area contributed by atoms with Gasteiger partial charge in [-0.25, -0.2) is 0 Å². The fourth-order valence-corrected chi connectivity index (χ4v) is 16.2. The number of carbonyl (C=O) groups is 2. The highest BCUT2D eigenvalue weighted by atomic mass is 16.7. The molecule has 26 nitrogen and oxygen atoms in total. The number of hydrogen-bond donors (Lipinski definition) is 12. The maximum absolute atomic E-state index is 13.2. The molecular formula is C79H109N4O22+. The summed E-state index contributed by atoms with van der Waals surface area (Å²) in [6.07, 6.45) is -5.02. The van der Waals surface area contributed by atoms with Crippen LogP contribution >= 0.6 is 0 Å². The molecule has 12 saturated heterocycles. The van der Waals surface area contributed by atoms with E-state index in [0.717, 1.165) is 22.8 Å². The van der Waals surface area contributed by atoms with Gasteiger partial charge in [0.05, 0.1) is 50.5 Å². The highest BCUT2D eigenvalue weighted by Gasteiger charge is 2.55. The van der Waals surface area contributed by atoms with E-state index in [1.165, 1.54) is 32.7 Å². The average molecular weight is 1470 g/mol. The second-order valence-electron chi connectivity index (χ2n) is 29.2. The Hall–Kier alpha value is -6.03. The summed E-state index contributed by atoms with van der Waals surface area (Å²) < 4.78 is 62.0. The Morgan fingerprint density at radius 1 is 0.552 bits per heavy atom. The van der Waals surface area contributed by atoms with Crippen LogP contribution in [0.25, 0.3) is 21.5 Å². The van der Waals surface area contributed by atoms with Crippen molar-refractivity contribution in [1.29, 1.82) is 0 Å². The van der Waals surface area contributed by atoms with Crippen molar-refractivity contribution in [3.05, 3.63) is 132 Å². The molecule has 14 aliphatic rings. The van der Waals surface area contributed by atoms with E-state index in [-0.39, 0.29) is 55.5 Å². The first-order valence-electron chi connectivity index (χ1n) is 37.2. The number of rotatable bonds is 23. The number of carbonyl (C=O) groups excluding carboxylic acids is 2. The molecule has 18 rings (SSSR count). The molecule has 20 atom stereocenters. The second kappa shape index (κ2) is 36.5. The minimum Gasteiger partial charge on any atom is -0.394 e. The number of ether oxygens (including phenoxy) is 10. The minimum absolute atomic E-state index is 0.0853. The van der Waals surface area contributed by atoms with Gasteiger partial charge >= 0.3 is 0 Å². The van der Waals surface area contributed by atoms with Gasteiger partial charge in [-0.2, -0.15) is 4.58 Å². The highest BCUT2D eigenvalue weighted by Crippen LogP contribution is 2.51. The van der Waals surface area contributed by atoms with Crippen LogP contribution in [0.4, 0.5) is 11.4 Å². The Morgan fingerprint density at radius 2 is 1.08 bits per heavy atom. The van der Waals surface area contributed by atoms with E-state index in [9.17, 15) is 60.7 Å². The smallest absolute Gasteiger partial charge is 0.226 e. The fourth-order valence-electron chi connectivity index (χ4n) is 16.2. The van der Waals surface area contributed by atoms with Crippen molar-refractivity contribution in [3.63, 3.8) is 0 Å². The number of amides is 2. The maximum atomic E-state index is 13.2. The summed E-state index contributed by atoms with van der Waals surface area (Å²) in [4.78, 5) is 28.5. The molecule has 0 saturated carbocycles. The molecule has 0 radical (unpaired) electrons. The summed E-state index contributed by atoms with van der Waals surface area (Å²) in [6.45, 7) is 13.2. The normalized spacial score (nSPS) is 33.5. The molecule has 2 amide bonds. The lowest BCUT2D eigenvalue weighted by molar-refractivity contribution is -0.436. The van der Waals surface area contributed by atoms with Crippen molar-refractivity contribution >= 4 is 50.4 Å². The molecule has 26 heteroatoms. The lowest BCUT2D eigenvalue weighted by atomic mass is 9.79. The molecule has 105 heavy (non-hydrogen) atoms. The van der Waals surface area contributed by atoms with Crippen molar-refractivity contribution in [2.75, 3.05) is 83.9 Å². The van der Waals surface area contributed by atoms with Crippen LogP contribution in [0.15, 0.2) is 121 Å². The molecule has 4 aromatic carbocycles. The van der Waals surface area contributed by atoms with Gasteiger partial charge in [0.2, 0.25) is 17.5 Å². The number of fused-ring (bicyclic) bond motifs is 6. The quantitative estimate of drug-likeness (QED) is 0.0287. The molecule has 0 spiro atoms. The topological polar surface area (TPSA) is 359 Å². The Balaban J connectivity index is 0.000000210. The third-order valence-electron chi connectivity index (χ3n) is 21.5. The molecular weight excluding hydrogens is 1360 g/mol. The molecule has 14 heterocycles. The molecule has 576 valence electrons. The van der Waals surface area contributed by atoms with Crippen LogP contribution < -0.4 is 15.5 Å². The van der Waals surface area contributed by atoms with Crippen molar-refractivity contribution in [1.82, 2.24) is 10.6 Å². The Morgan fingerprint density at radius 3 is 1.71 bits per heavy atom. The first-order valence-corrected chi connectivity index (χ1v) is 37.2. The summed E-state index contributed by atoms with van der Waals surface area (Å²) in [5.41, 5.74) is 6.43. The van der Waals surface area contributed by atoms with Crippen LogP contribution in [-0.2, 0) is 67.8 Å². The zero-order valence-electron chi connectivity index (χ0n) is 60.9. The first-order chi connectivity index (χ1) is 50.7. The molecule has 12 fully saturated rings. The summed E-state index contributed by atoms with van der Waals surface area (Å²) in [5, 5.41) is 117. The van der Waals surface area contributed by atoms with Crippen molar-refractivity contribution < 1.29 is 113 Å². The van der Waals surface area contributed by atoms with Gasteiger partial charge in [0, 0.05) is 87.0 Å². The Labute approximate surface area is 613 Å². The zero-order valence-corrected chi connectivity index (χ0v) is 60.9. The van der Waals surface area contributed by atoms with Gasteiger partial charge in [-0.3, -0.25) is 9.59 Å². The zero-order chi connectivity index (χ0) is 74.7. The first kappa shape index (κ1) is 80.0. The van der Waals surface area contributed by atoms with Crippen LogP contribution in [0.3, 0.4) is 0 Å². The van der Waals surface area contributed by atoms with Gasteiger partial charge in [0.25, 0.3) is 0 Å². The fraction of sp³-hybridized carbons (Fsp3) is 0.608. The Kier molecular flexibility index (Phi) is 27.8. The van der Waals surface area contributed by atoms with Crippen molar-refractivity contribution in [2.24, 2.45) is 0 Å². The lowest BCUT2D eigenvalue weighted by Crippen LogP contribution is -2.65. The third kappa shape index (κ3) is 17.5. The Bertz CT molecular complexity index is 3710. The van der Waals surface area contributed by atoms with E-state index in [1.54, 1.807) is 0 Å². The summed E-state index contributed by atoms with van der Waals surface area (Å²) in [6, 6.07) is 25.3. The monoisotopic (exact) mass is 1470 g/mol. The molecule has 2 unspecified atom stereocenters. The number of allylic oxidation sites excluding steroid dienone is 8. The number of aliphatic hydroxyl groups is 10. The molecule has 8 bridgehead atoms. The lowest BCUT2D eigenvalue weighted by Gasteiger charge is -2.47. The van der Waals surface area contributed by atoms with Crippen LogP contribution in [0.5, 0.6) is 0 Å². The number of benzene rings is 4. The maximum Gasteiger partial charge on any atom is 0.226 e. The summed E-state index contributed by atoms with van der Waals surface area (Å²) >= 11 is 0. The SMILES string of the molecule is C/C=C/C=C/C1=[N+](CCC(=O)NCCCO[C@H]2[C@H]3OC4[C@@H](CO)O[C@H](CCCO[C@@H]([C@@H]2O)[C@@H](CO)O3)[C@H](O)[C@H]4O)c2ccc3ccccc3c2C1(C)C.C/C=C/C=C1/N(CCC(=O)NCCCO[C@@H]2[C@@H](O)[C@@H]3OC4O[C@H](CO)[C@@H](OCCC[C@H]2O[C@@H]3CO)[C@H](O)[C@H]4O)c2ccc3ccccc3c2C1(C)C. The molecule has 0 aliphatic carbocycles. The summed E-state index contributed by atoms with van der Waals surface area (Å²) in [7, 11) is 0. The van der Waals surface area contributed by atoms with E-state index >= 15 is 0 Å². The van der Waals surface area contributed by atoms with Gasteiger partial charge < -0.3 is 114 Å². The average Bonchev–Trinajstić information content (AvgIpc) is 1.58. The van der Waals surface area contributed by atoms with Gasteiger partial charge in [0.15, 0.2) is 24.8 Å². The van der Waals surface area contributed by atoms with Crippen molar-refractivity contribution in [2.45, 2.75) is 226 Å². The number of hydrogen-bond acceptors (Lipinski definition) is 23. The third-order valence-corrected chi connectivity index (χ3v) is 21.5. The number of nitrogens with zero attached hydrogens (tertiary/aromatic N) is 2. The van der Waals surface area contributed by atoms with Crippen LogP contribution in [0.1, 0.15) is 104 Å². The molecule has 14 aliphatic heterocycles. The van der Waals surface area contributed by atoms with Gasteiger partial charge in [-0.15, -0.1) is 0 Å². The molecule has 12 N–H and O–H groups in total. The predicted molar refractivity (Wildman–Crippen MR) is 389 cm³/mol. The second-order valence-corrected chi connectivity index (χ2v) is 29.2. The predicted octanol–water partition coefficient (Wildman–Crippen LogP) is 3.56. The molecule has 0 aromatic heterocycles. The largest absolute Gasteiger partial charge is 0.394 e. The van der Waals surface area contributed by atoms with E-state index in [2.05, 4.69) is 121 Å². The standard InChI is InChI=1S/C40H54N2O11.C39H54N2O11/c1-4-5-6-14-30-40(2,3)32-25-12-8-7-11-24(25)15-16-26(32)42(30)19-17-31(45)41-18-10-21-50-38-35(48)36-28(22-43)52-39(38)53-37-29(23-44)51-27(13-9-20-49-36)33(46)34(37)47;1-4-5-13-29-39(2,3)31-24-11-7-6-10-23(24)14-15-25(31)41(29)18-16-30(44)40-17-9-20-49-35-26-12-8-19-48-36-27(21-42)51-38(33(46)32(36)45)52-37(34(35)47)28(22-43)50-26/h4-8,11-12,14-16,27-29,33-39,43-44,46-48H,9-10,13,17-23H2,1-3H3;4-7,10-11,13-15,26-28,32-38,42-43,45-47H,8-9,12,16-22H2,1-3H3,(H,40,44)/p+1/b5-4+,14-6+;5-4+,29-13+/t27-,28-,29-,33+,34-,35+,36-,37?,38-,39-;26-,27-,28-,32-,33-,34-,35+,36-,37-,38?/m11/s1. The van der Waals surface area contributed by atoms with Gasteiger partial charge in [-0.05, 0) is 112 Å². The van der Waals surface area contributed by atoms with Crippen molar-refractivity contribution in [3.8, 4) is 0 Å². The number of nitrogens with one attached hydrogen (secondary N) is 2.